The van der Waals surface area contributed by atoms with Gasteiger partial charge in [-0.1, -0.05) is 24.4 Å². The van der Waals surface area contributed by atoms with Crippen LogP contribution in [0, 0.1) is 5.82 Å². The predicted octanol–water partition coefficient (Wildman–Crippen LogP) is 3.84. The van der Waals surface area contributed by atoms with Gasteiger partial charge in [0.05, 0.1) is 4.47 Å². The molecule has 1 aliphatic rings. The average molecular weight is 354 g/mol. The van der Waals surface area contributed by atoms with E-state index in [0.717, 1.165) is 25.7 Å². The van der Waals surface area contributed by atoms with Gasteiger partial charge >= 0.3 is 0 Å². The molecule has 0 amide bonds. The van der Waals surface area contributed by atoms with Gasteiger partial charge in [0, 0.05) is 17.5 Å². The predicted molar refractivity (Wildman–Crippen MR) is 81.1 cm³/mol. The summed E-state index contributed by atoms with van der Waals surface area (Å²) in [4.78, 5) is 4.39. The largest absolute Gasteiger partial charge is 0.339 e. The summed E-state index contributed by atoms with van der Waals surface area (Å²) in [5.41, 5.74) is 6.88. The van der Waals surface area contributed by atoms with Crippen molar-refractivity contribution in [2.45, 2.75) is 44.1 Å². The molecule has 21 heavy (non-hydrogen) atoms. The Labute approximate surface area is 131 Å². The van der Waals surface area contributed by atoms with Crippen LogP contribution in [0.3, 0.4) is 0 Å². The maximum absolute atomic E-state index is 13.3. The zero-order valence-electron chi connectivity index (χ0n) is 11.6. The van der Waals surface area contributed by atoms with E-state index < -0.39 is 0 Å². The topological polar surface area (TPSA) is 64.9 Å². The third-order valence-corrected chi connectivity index (χ3v) is 4.61. The molecular formula is C15H17BrFN3O. The molecule has 1 saturated carbocycles. The van der Waals surface area contributed by atoms with Crippen LogP contribution in [0.15, 0.2) is 27.2 Å². The number of nitrogens with zero attached hydrogens (tertiary/aromatic N) is 2. The lowest BCUT2D eigenvalue weighted by Gasteiger charge is -2.31. The van der Waals surface area contributed by atoms with Crippen LogP contribution in [-0.2, 0) is 6.42 Å². The van der Waals surface area contributed by atoms with E-state index in [0.29, 0.717) is 28.2 Å². The molecule has 1 aliphatic carbocycles. The normalized spacial score (nSPS) is 17.9. The summed E-state index contributed by atoms with van der Waals surface area (Å²) in [6.07, 6.45) is 6.14. The maximum atomic E-state index is 13.3. The van der Waals surface area contributed by atoms with Gasteiger partial charge in [0.25, 0.3) is 0 Å². The number of halogens is 2. The third kappa shape index (κ3) is 3.32. The lowest BCUT2D eigenvalue weighted by Crippen LogP contribution is -2.43. The molecule has 1 fully saturated rings. The number of aromatic nitrogens is 2. The summed E-state index contributed by atoms with van der Waals surface area (Å²) in [6.45, 7) is 0. The molecule has 2 aromatic rings. The van der Waals surface area contributed by atoms with Gasteiger partial charge in [-0.2, -0.15) is 4.98 Å². The number of hydrogen-bond acceptors (Lipinski definition) is 4. The molecule has 0 bridgehead atoms. The van der Waals surface area contributed by atoms with Gasteiger partial charge < -0.3 is 10.3 Å². The Morgan fingerprint density at radius 2 is 2.05 bits per heavy atom. The molecule has 0 unspecified atom stereocenters. The van der Waals surface area contributed by atoms with Crippen molar-refractivity contribution < 1.29 is 8.91 Å². The van der Waals surface area contributed by atoms with Gasteiger partial charge in [-0.15, -0.1) is 0 Å². The molecule has 0 atom stereocenters. The van der Waals surface area contributed by atoms with Crippen LogP contribution < -0.4 is 5.73 Å². The van der Waals surface area contributed by atoms with Gasteiger partial charge in [0.2, 0.25) is 11.7 Å². The van der Waals surface area contributed by atoms with E-state index in [1.807, 2.05) is 0 Å². The van der Waals surface area contributed by atoms with Crippen molar-refractivity contribution in [1.29, 1.82) is 0 Å². The highest BCUT2D eigenvalue weighted by Crippen LogP contribution is 2.29. The van der Waals surface area contributed by atoms with E-state index >= 15 is 0 Å². The first-order valence-electron chi connectivity index (χ1n) is 7.13. The zero-order chi connectivity index (χ0) is 14.9. The summed E-state index contributed by atoms with van der Waals surface area (Å²) in [5.74, 6) is 0.700. The van der Waals surface area contributed by atoms with Gasteiger partial charge in [-0.25, -0.2) is 4.39 Å². The molecule has 1 aromatic heterocycles. The summed E-state index contributed by atoms with van der Waals surface area (Å²) in [7, 11) is 0. The van der Waals surface area contributed by atoms with E-state index in [4.69, 9.17) is 10.3 Å². The maximum Gasteiger partial charge on any atom is 0.228 e. The summed E-state index contributed by atoms with van der Waals surface area (Å²) in [6, 6.07) is 4.65. The molecule has 1 aromatic carbocycles. The molecular weight excluding hydrogens is 337 g/mol. The highest BCUT2D eigenvalue weighted by Gasteiger charge is 2.30. The molecule has 0 radical (unpaired) electrons. The van der Waals surface area contributed by atoms with Crippen LogP contribution in [-0.4, -0.2) is 15.7 Å². The van der Waals surface area contributed by atoms with Crippen molar-refractivity contribution in [3.8, 4) is 11.4 Å². The van der Waals surface area contributed by atoms with Crippen molar-refractivity contribution in [2.24, 2.45) is 5.73 Å². The summed E-state index contributed by atoms with van der Waals surface area (Å²) in [5, 5.41) is 3.97. The average Bonchev–Trinajstić information content (AvgIpc) is 2.90. The van der Waals surface area contributed by atoms with Crippen molar-refractivity contribution in [1.82, 2.24) is 10.1 Å². The first kappa shape index (κ1) is 14.7. The van der Waals surface area contributed by atoms with Crippen LogP contribution >= 0.6 is 15.9 Å². The zero-order valence-corrected chi connectivity index (χ0v) is 13.2. The number of benzene rings is 1. The van der Waals surface area contributed by atoms with Crippen LogP contribution in [0.1, 0.15) is 38.0 Å². The number of rotatable bonds is 3. The lowest BCUT2D eigenvalue weighted by atomic mass is 9.80. The molecule has 0 aliphatic heterocycles. The van der Waals surface area contributed by atoms with Crippen molar-refractivity contribution in [3.05, 3.63) is 34.4 Å². The Hall–Kier alpha value is -1.27. The smallest absolute Gasteiger partial charge is 0.228 e. The molecule has 1 heterocycles. The highest BCUT2D eigenvalue weighted by molar-refractivity contribution is 9.10. The standard InChI is InChI=1S/C15H17BrFN3O/c16-11-8-10(4-5-12(11)17)14-19-13(21-20-14)9-15(18)6-2-1-3-7-15/h4-5,8H,1-3,6-7,9,18H2. The van der Waals surface area contributed by atoms with E-state index in [1.165, 1.54) is 12.5 Å². The van der Waals surface area contributed by atoms with Crippen molar-refractivity contribution in [2.75, 3.05) is 0 Å². The van der Waals surface area contributed by atoms with Crippen LogP contribution in [0.4, 0.5) is 4.39 Å². The number of hydrogen-bond donors (Lipinski definition) is 1. The SMILES string of the molecule is NC1(Cc2nc(-c3ccc(F)c(Br)c3)no2)CCCCC1. The van der Waals surface area contributed by atoms with E-state index in [1.54, 1.807) is 12.1 Å². The molecule has 112 valence electrons. The summed E-state index contributed by atoms with van der Waals surface area (Å²) >= 11 is 3.16. The lowest BCUT2D eigenvalue weighted by molar-refractivity contribution is 0.261. The second-order valence-electron chi connectivity index (χ2n) is 5.74. The Balaban J connectivity index is 1.78. The Kier molecular flexibility index (Phi) is 4.08. The minimum Gasteiger partial charge on any atom is -0.339 e. The van der Waals surface area contributed by atoms with Crippen LogP contribution in [0.25, 0.3) is 11.4 Å². The molecule has 0 saturated heterocycles. The molecule has 0 spiro atoms. The van der Waals surface area contributed by atoms with E-state index in [-0.39, 0.29) is 11.4 Å². The Morgan fingerprint density at radius 1 is 1.29 bits per heavy atom. The van der Waals surface area contributed by atoms with Gasteiger partial charge in [-0.3, -0.25) is 0 Å². The molecule has 4 nitrogen and oxygen atoms in total. The summed E-state index contributed by atoms with van der Waals surface area (Å²) < 4.78 is 18.9. The fourth-order valence-corrected chi connectivity index (χ4v) is 3.19. The van der Waals surface area contributed by atoms with Gasteiger partial charge in [0.15, 0.2) is 0 Å². The Bertz CT molecular complexity index is 638. The first-order chi connectivity index (χ1) is 10.1. The monoisotopic (exact) mass is 353 g/mol. The highest BCUT2D eigenvalue weighted by atomic mass is 79.9. The molecule has 2 N–H and O–H groups in total. The second kappa shape index (κ2) is 5.85. The fourth-order valence-electron chi connectivity index (χ4n) is 2.81. The van der Waals surface area contributed by atoms with Crippen LogP contribution in [0.5, 0.6) is 0 Å². The van der Waals surface area contributed by atoms with Gasteiger partial charge in [-0.05, 0) is 47.0 Å². The van der Waals surface area contributed by atoms with E-state index in [2.05, 4.69) is 26.1 Å². The first-order valence-corrected chi connectivity index (χ1v) is 7.92. The van der Waals surface area contributed by atoms with E-state index in [9.17, 15) is 4.39 Å². The Morgan fingerprint density at radius 3 is 2.76 bits per heavy atom. The van der Waals surface area contributed by atoms with Crippen molar-refractivity contribution >= 4 is 15.9 Å². The van der Waals surface area contributed by atoms with Crippen molar-refractivity contribution in [3.63, 3.8) is 0 Å². The third-order valence-electron chi connectivity index (χ3n) is 4.00. The number of nitrogens with two attached hydrogens (primary N) is 1. The minimum absolute atomic E-state index is 0.231. The molecule has 6 heteroatoms. The second-order valence-corrected chi connectivity index (χ2v) is 6.59. The van der Waals surface area contributed by atoms with Crippen LogP contribution in [0.2, 0.25) is 0 Å². The minimum atomic E-state index is -0.314. The molecule has 3 rings (SSSR count). The quantitative estimate of drug-likeness (QED) is 0.910. The fraction of sp³-hybridized carbons (Fsp3) is 0.467. The van der Waals surface area contributed by atoms with Gasteiger partial charge in [0.1, 0.15) is 5.82 Å².